The van der Waals surface area contributed by atoms with Crippen molar-refractivity contribution in [2.75, 3.05) is 13.2 Å². The average molecular weight is 897 g/mol. The van der Waals surface area contributed by atoms with Gasteiger partial charge in [-0.25, -0.2) is 0 Å². The summed E-state index contributed by atoms with van der Waals surface area (Å²) in [5.41, 5.74) is -0.919. The summed E-state index contributed by atoms with van der Waals surface area (Å²) in [5, 5.41) is 86.3. The van der Waals surface area contributed by atoms with Crippen molar-refractivity contribution in [3.8, 4) is 0 Å². The zero-order valence-corrected chi connectivity index (χ0v) is 39.1. The highest BCUT2D eigenvalue weighted by molar-refractivity contribution is 5.76. The molecule has 22 atom stereocenters. The largest absolute Gasteiger partial charge is 0.481 e. The first-order valence-electron chi connectivity index (χ1n) is 24.1. The quantitative estimate of drug-likeness (QED) is 0.162. The Hall–Kier alpha value is -1.05. The molecule has 8 aliphatic rings. The van der Waals surface area contributed by atoms with Gasteiger partial charge in [0.05, 0.1) is 43.0 Å². The maximum absolute atomic E-state index is 13.3. The number of aliphatic hydroxyl groups excluding tert-OH is 7. The number of hydrogen-bond donors (Lipinski definition) is 8. The van der Waals surface area contributed by atoms with Gasteiger partial charge in [0.2, 0.25) is 0 Å². The fourth-order valence-corrected chi connectivity index (χ4v) is 16.1. The average Bonchev–Trinajstić information content (AvgIpc) is 3.21. The van der Waals surface area contributed by atoms with Crippen LogP contribution >= 0.6 is 0 Å². The first kappa shape index (κ1) is 48.4. The van der Waals surface area contributed by atoms with Crippen molar-refractivity contribution in [3.63, 3.8) is 0 Å². The van der Waals surface area contributed by atoms with Gasteiger partial charge in [-0.15, -0.1) is 0 Å². The topological polar surface area (TPSA) is 234 Å². The van der Waals surface area contributed by atoms with Crippen molar-refractivity contribution in [3.05, 3.63) is 0 Å². The molecule has 15 nitrogen and oxygen atoms in total. The molecular formula is C48H80O15. The predicted octanol–water partition coefficient (Wildman–Crippen LogP) is 3.87. The van der Waals surface area contributed by atoms with Gasteiger partial charge in [-0.05, 0) is 128 Å². The van der Waals surface area contributed by atoms with E-state index in [-0.39, 0.29) is 57.5 Å². The van der Waals surface area contributed by atoms with E-state index in [2.05, 4.69) is 55.4 Å². The lowest BCUT2D eigenvalue weighted by atomic mass is 9.28. The molecule has 8 fully saturated rings. The Morgan fingerprint density at radius 2 is 1.29 bits per heavy atom. The molecule has 15 heteroatoms. The predicted molar refractivity (Wildman–Crippen MR) is 226 cm³/mol. The molecule has 8 rings (SSSR count). The van der Waals surface area contributed by atoms with Gasteiger partial charge in [0.15, 0.2) is 18.9 Å². The molecule has 0 radical (unpaired) electrons. The van der Waals surface area contributed by atoms with Crippen LogP contribution in [-0.2, 0) is 33.2 Å². The molecule has 362 valence electrons. The number of hydrogen-bond acceptors (Lipinski definition) is 14. The molecule has 0 unspecified atom stereocenters. The van der Waals surface area contributed by atoms with Crippen molar-refractivity contribution in [1.82, 2.24) is 0 Å². The van der Waals surface area contributed by atoms with Gasteiger partial charge < -0.3 is 69.3 Å². The van der Waals surface area contributed by atoms with E-state index in [9.17, 15) is 45.6 Å². The molecule has 5 aliphatic carbocycles. The third-order valence-corrected chi connectivity index (χ3v) is 20.2. The minimum absolute atomic E-state index is 0.00554. The van der Waals surface area contributed by atoms with Gasteiger partial charge in [-0.2, -0.15) is 0 Å². The number of carbonyl (C=O) groups is 1. The summed E-state index contributed by atoms with van der Waals surface area (Å²) in [6, 6.07) is 0. The Labute approximate surface area is 373 Å². The summed E-state index contributed by atoms with van der Waals surface area (Å²) in [6.45, 7) is 20.2. The summed E-state index contributed by atoms with van der Waals surface area (Å²) in [7, 11) is 0. The van der Waals surface area contributed by atoms with Crippen molar-refractivity contribution in [2.45, 2.75) is 225 Å². The van der Waals surface area contributed by atoms with E-state index in [0.29, 0.717) is 11.8 Å². The molecule has 3 aliphatic heterocycles. The van der Waals surface area contributed by atoms with E-state index in [0.717, 1.165) is 70.6 Å². The number of ether oxygens (including phenoxy) is 6. The maximum Gasteiger partial charge on any atom is 0.309 e. The highest BCUT2D eigenvalue weighted by Crippen LogP contribution is 2.80. The second kappa shape index (κ2) is 16.6. The van der Waals surface area contributed by atoms with E-state index in [1.807, 2.05) is 0 Å². The maximum atomic E-state index is 13.3. The molecule has 8 N–H and O–H groups in total. The van der Waals surface area contributed by atoms with Crippen LogP contribution in [0.1, 0.15) is 139 Å². The van der Waals surface area contributed by atoms with Crippen LogP contribution in [0.15, 0.2) is 0 Å². The monoisotopic (exact) mass is 897 g/mol. The standard InChI is InChI=1S/C48H80O15/c1-24-32(51)37(63-38-35(54)34(53)27(23-58-38)61-39-33(52)26(50)20-25(22-49)60-39)36(55)40(59-24)62-31-12-13-44(6)28(43(31,4)5)10-14-45(7)29(44)11-15-46(8)30-21-42(2,3)16-18-48(30,41(56)57)19-17-47(45,46)9/h24-40,49-55H,10-23H2,1-9H3,(H,56,57)/t24-,25-,26-,27+,28-,29+,30-,31-,32-,33+,34-,35+,36-,37+,38-,39-,40-,44-,45+,46+,47-,48-/m0/s1. The Bertz CT molecular complexity index is 1680. The van der Waals surface area contributed by atoms with Crippen LogP contribution in [0.25, 0.3) is 0 Å². The highest BCUT2D eigenvalue weighted by Gasteiger charge is 2.75. The molecule has 0 aromatic heterocycles. The van der Waals surface area contributed by atoms with Crippen LogP contribution in [0.4, 0.5) is 0 Å². The van der Waals surface area contributed by atoms with Crippen molar-refractivity contribution < 1.29 is 74.1 Å². The van der Waals surface area contributed by atoms with E-state index in [4.69, 9.17) is 28.4 Å². The third-order valence-electron chi connectivity index (χ3n) is 20.2. The Kier molecular flexibility index (Phi) is 12.7. The SMILES string of the molecule is C[C@@H]1O[C@@H](O[C@H]2CC[C@]3(C)[C@H]4CC[C@]5(C)[C@@H]6CC(C)(C)CC[C@]6(C(=O)O)CC[C@@]5(C)[C@]4(C)CC[C@H]3C2(C)C)[C@@H](O)[C@H](O[C@@H]2OC[C@@H](O[C@@H]3O[C@H](CO)C[C@H](O)[C@H]3O)[C@H](O)[C@H]2O)[C@H]1O. The molecule has 3 heterocycles. The molecule has 0 amide bonds. The van der Waals surface area contributed by atoms with Crippen molar-refractivity contribution in [1.29, 1.82) is 0 Å². The molecule has 0 bridgehead atoms. The van der Waals surface area contributed by atoms with Crippen LogP contribution in [0.2, 0.25) is 0 Å². The third kappa shape index (κ3) is 7.42. The van der Waals surface area contributed by atoms with Crippen molar-refractivity contribution in [2.24, 2.45) is 55.7 Å². The van der Waals surface area contributed by atoms with Crippen LogP contribution in [-0.4, -0.2) is 146 Å². The summed E-state index contributed by atoms with van der Waals surface area (Å²) in [4.78, 5) is 13.3. The van der Waals surface area contributed by atoms with Crippen LogP contribution in [0.5, 0.6) is 0 Å². The second-order valence-corrected chi connectivity index (χ2v) is 24.0. The van der Waals surface area contributed by atoms with E-state index in [1.54, 1.807) is 6.92 Å². The first-order chi connectivity index (χ1) is 29.3. The van der Waals surface area contributed by atoms with Crippen LogP contribution in [0, 0.1) is 55.7 Å². The molecule has 0 spiro atoms. The summed E-state index contributed by atoms with van der Waals surface area (Å²) >= 11 is 0. The van der Waals surface area contributed by atoms with E-state index < -0.39 is 97.9 Å². The zero-order chi connectivity index (χ0) is 46.0. The number of aliphatic hydroxyl groups is 7. The number of carboxylic acid groups (broad SMARTS) is 1. The Morgan fingerprint density at radius 1 is 0.651 bits per heavy atom. The van der Waals surface area contributed by atoms with E-state index in [1.165, 1.54) is 0 Å². The smallest absolute Gasteiger partial charge is 0.309 e. The summed E-state index contributed by atoms with van der Waals surface area (Å²) in [6.07, 6.45) is -7.09. The molecular weight excluding hydrogens is 817 g/mol. The van der Waals surface area contributed by atoms with Crippen molar-refractivity contribution >= 4 is 5.97 Å². The second-order valence-electron chi connectivity index (χ2n) is 24.0. The lowest BCUT2D eigenvalue weighted by Gasteiger charge is -2.76. The van der Waals surface area contributed by atoms with E-state index >= 15 is 0 Å². The van der Waals surface area contributed by atoms with Gasteiger partial charge in [0, 0.05) is 6.42 Å². The molecule has 5 saturated carbocycles. The summed E-state index contributed by atoms with van der Waals surface area (Å²) < 4.78 is 36.0. The first-order valence-corrected chi connectivity index (χ1v) is 24.1. The van der Waals surface area contributed by atoms with Gasteiger partial charge >= 0.3 is 5.97 Å². The minimum atomic E-state index is -1.70. The Morgan fingerprint density at radius 3 is 1.95 bits per heavy atom. The van der Waals surface area contributed by atoms with Gasteiger partial charge in [0.1, 0.15) is 42.7 Å². The summed E-state index contributed by atoms with van der Waals surface area (Å²) in [5.74, 6) is 0.310. The fraction of sp³-hybridized carbons (Fsp3) is 0.979. The van der Waals surface area contributed by atoms with Gasteiger partial charge in [-0.3, -0.25) is 4.79 Å². The molecule has 0 aromatic carbocycles. The lowest BCUT2D eigenvalue weighted by molar-refractivity contribution is -0.367. The zero-order valence-electron chi connectivity index (χ0n) is 39.1. The molecule has 0 aromatic rings. The molecule has 3 saturated heterocycles. The van der Waals surface area contributed by atoms with Gasteiger partial charge in [0.25, 0.3) is 0 Å². The number of carboxylic acids is 1. The van der Waals surface area contributed by atoms with Gasteiger partial charge in [-0.1, -0.05) is 55.4 Å². The fourth-order valence-electron chi connectivity index (χ4n) is 16.1. The minimum Gasteiger partial charge on any atom is -0.481 e. The normalized spacial score (nSPS) is 55.4. The van der Waals surface area contributed by atoms with Crippen LogP contribution in [0.3, 0.4) is 0 Å². The Balaban J connectivity index is 0.947. The van der Waals surface area contributed by atoms with Crippen LogP contribution < -0.4 is 0 Å². The molecule has 63 heavy (non-hydrogen) atoms. The number of fused-ring (bicyclic) bond motifs is 7. The highest BCUT2D eigenvalue weighted by atomic mass is 16.7. The number of rotatable bonds is 8. The number of aliphatic carboxylic acids is 1. The lowest BCUT2D eigenvalue weighted by Crippen LogP contribution is -2.71.